The van der Waals surface area contributed by atoms with Gasteiger partial charge < -0.3 is 10.2 Å². The van der Waals surface area contributed by atoms with Gasteiger partial charge in [0.2, 0.25) is 5.91 Å². The number of amides is 2. The van der Waals surface area contributed by atoms with Crippen molar-refractivity contribution in [3.63, 3.8) is 0 Å². The van der Waals surface area contributed by atoms with Gasteiger partial charge in [-0.3, -0.25) is 14.3 Å². The molecule has 2 aromatic heterocycles. The number of fused-ring (bicyclic) bond motifs is 1. The van der Waals surface area contributed by atoms with Crippen LogP contribution in [-0.2, 0) is 11.8 Å². The highest BCUT2D eigenvalue weighted by molar-refractivity contribution is 7.20. The zero-order valence-electron chi connectivity index (χ0n) is 14.6. The van der Waals surface area contributed by atoms with Crippen LogP contribution in [0, 0.1) is 6.92 Å². The summed E-state index contributed by atoms with van der Waals surface area (Å²) in [5, 5.41) is 8.23. The molecular formula is C16H24N4O2S. The van der Waals surface area contributed by atoms with E-state index in [2.05, 4.69) is 10.4 Å². The van der Waals surface area contributed by atoms with Crippen LogP contribution in [0.5, 0.6) is 0 Å². The molecule has 0 atom stereocenters. The molecule has 1 N–H and O–H groups in total. The fourth-order valence-corrected chi connectivity index (χ4v) is 3.52. The molecule has 0 aromatic carbocycles. The summed E-state index contributed by atoms with van der Waals surface area (Å²) in [6.45, 7) is 10.1. The molecule has 0 saturated heterocycles. The molecule has 0 spiro atoms. The summed E-state index contributed by atoms with van der Waals surface area (Å²) in [6.07, 6.45) is 0. The molecule has 0 saturated carbocycles. The van der Waals surface area contributed by atoms with Gasteiger partial charge in [0, 0.05) is 24.5 Å². The van der Waals surface area contributed by atoms with Gasteiger partial charge in [0.05, 0.1) is 17.1 Å². The van der Waals surface area contributed by atoms with Crippen LogP contribution in [0.4, 0.5) is 0 Å². The molecule has 0 unspecified atom stereocenters. The first kappa shape index (κ1) is 17.5. The van der Waals surface area contributed by atoms with Crippen LogP contribution in [0.25, 0.3) is 10.2 Å². The van der Waals surface area contributed by atoms with E-state index in [-0.39, 0.29) is 23.9 Å². The Labute approximate surface area is 140 Å². The lowest BCUT2D eigenvalue weighted by Gasteiger charge is -2.24. The Morgan fingerprint density at radius 2 is 2.04 bits per heavy atom. The van der Waals surface area contributed by atoms with Crippen molar-refractivity contribution in [2.75, 3.05) is 13.1 Å². The number of likely N-dealkylation sites (N-methyl/N-ethyl adjacent to an activating group) is 1. The van der Waals surface area contributed by atoms with Crippen LogP contribution in [0.1, 0.15) is 43.1 Å². The molecule has 0 radical (unpaired) electrons. The van der Waals surface area contributed by atoms with E-state index in [0.29, 0.717) is 11.4 Å². The van der Waals surface area contributed by atoms with Crippen molar-refractivity contribution in [2.45, 2.75) is 40.2 Å². The summed E-state index contributed by atoms with van der Waals surface area (Å²) in [4.78, 5) is 27.9. The molecule has 0 aliphatic heterocycles. The van der Waals surface area contributed by atoms with E-state index in [1.807, 2.05) is 47.7 Å². The lowest BCUT2D eigenvalue weighted by atomic mass is 10.1. The molecule has 2 heterocycles. The van der Waals surface area contributed by atoms with Crippen LogP contribution in [0.3, 0.4) is 0 Å². The largest absolute Gasteiger partial charge is 0.350 e. The van der Waals surface area contributed by atoms with Gasteiger partial charge >= 0.3 is 0 Å². The van der Waals surface area contributed by atoms with Gasteiger partial charge in [-0.15, -0.1) is 11.3 Å². The van der Waals surface area contributed by atoms with E-state index in [1.54, 1.807) is 9.58 Å². The first-order valence-electron chi connectivity index (χ1n) is 7.65. The molecule has 7 heteroatoms. The summed E-state index contributed by atoms with van der Waals surface area (Å²) in [6, 6.07) is 1.87. The number of rotatable bonds is 4. The second kappa shape index (κ2) is 6.31. The Kier molecular flexibility index (Phi) is 4.79. The molecule has 6 nitrogen and oxygen atoms in total. The topological polar surface area (TPSA) is 67.2 Å². The molecule has 0 bridgehead atoms. The zero-order valence-corrected chi connectivity index (χ0v) is 15.4. The summed E-state index contributed by atoms with van der Waals surface area (Å²) < 4.78 is 1.79. The average molecular weight is 336 g/mol. The second-order valence-corrected chi connectivity index (χ2v) is 7.69. The van der Waals surface area contributed by atoms with Crippen molar-refractivity contribution in [3.8, 4) is 0 Å². The minimum Gasteiger partial charge on any atom is -0.350 e. The van der Waals surface area contributed by atoms with E-state index in [1.165, 1.54) is 11.3 Å². The number of hydrogen-bond acceptors (Lipinski definition) is 4. The van der Waals surface area contributed by atoms with Crippen LogP contribution in [-0.4, -0.2) is 45.1 Å². The summed E-state index contributed by atoms with van der Waals surface area (Å²) in [5.41, 5.74) is 0.603. The van der Waals surface area contributed by atoms with Crippen LogP contribution >= 0.6 is 11.3 Å². The molecule has 0 aliphatic rings. The zero-order chi connectivity index (χ0) is 17.4. The van der Waals surface area contributed by atoms with Crippen LogP contribution in [0.15, 0.2) is 6.07 Å². The minimum atomic E-state index is -0.306. The number of aromatic nitrogens is 2. The molecule has 0 aliphatic carbocycles. The standard InChI is InChI=1S/C16H24N4O2S/c1-7-20(9-13(21)17-16(3,4)5)14(22)12-8-11-10(2)18-19(6)15(11)23-12/h8H,7,9H2,1-6H3,(H,17,21). The predicted octanol–water partition coefficient (Wildman–Crippen LogP) is 2.32. The number of nitrogens with zero attached hydrogens (tertiary/aromatic N) is 3. The highest BCUT2D eigenvalue weighted by Gasteiger charge is 2.23. The monoisotopic (exact) mass is 336 g/mol. The van der Waals surface area contributed by atoms with E-state index >= 15 is 0 Å². The maximum Gasteiger partial charge on any atom is 0.264 e. The van der Waals surface area contributed by atoms with Gasteiger partial charge in [-0.05, 0) is 40.7 Å². The Balaban J connectivity index is 2.18. The molecule has 2 rings (SSSR count). The van der Waals surface area contributed by atoms with Gasteiger partial charge in [-0.25, -0.2) is 0 Å². The van der Waals surface area contributed by atoms with Crippen LogP contribution < -0.4 is 5.32 Å². The molecular weight excluding hydrogens is 312 g/mol. The lowest BCUT2D eigenvalue weighted by molar-refractivity contribution is -0.123. The van der Waals surface area contributed by atoms with Gasteiger partial charge in [0.1, 0.15) is 4.83 Å². The van der Waals surface area contributed by atoms with E-state index in [4.69, 9.17) is 0 Å². The highest BCUT2D eigenvalue weighted by Crippen LogP contribution is 2.28. The predicted molar refractivity (Wildman–Crippen MR) is 92.8 cm³/mol. The van der Waals surface area contributed by atoms with E-state index < -0.39 is 0 Å². The fraction of sp³-hybridized carbons (Fsp3) is 0.562. The summed E-state index contributed by atoms with van der Waals surface area (Å²) in [7, 11) is 1.87. The Morgan fingerprint density at radius 1 is 1.39 bits per heavy atom. The fourth-order valence-electron chi connectivity index (χ4n) is 2.42. The normalized spacial score (nSPS) is 11.7. The number of aryl methyl sites for hydroxylation is 2. The van der Waals surface area contributed by atoms with E-state index in [0.717, 1.165) is 15.9 Å². The number of nitrogens with one attached hydrogen (secondary N) is 1. The maximum absolute atomic E-state index is 12.7. The smallest absolute Gasteiger partial charge is 0.264 e. The van der Waals surface area contributed by atoms with Gasteiger partial charge in [-0.2, -0.15) is 5.10 Å². The molecule has 2 amide bonds. The van der Waals surface area contributed by atoms with Crippen LogP contribution in [0.2, 0.25) is 0 Å². The highest BCUT2D eigenvalue weighted by atomic mass is 32.1. The minimum absolute atomic E-state index is 0.0675. The lowest BCUT2D eigenvalue weighted by Crippen LogP contribution is -2.47. The van der Waals surface area contributed by atoms with Gasteiger partial charge in [-0.1, -0.05) is 0 Å². The number of hydrogen-bond donors (Lipinski definition) is 1. The van der Waals surface area contributed by atoms with Crippen molar-refractivity contribution >= 4 is 33.4 Å². The van der Waals surface area contributed by atoms with Crippen molar-refractivity contribution in [2.24, 2.45) is 7.05 Å². The molecule has 2 aromatic rings. The van der Waals surface area contributed by atoms with Crippen molar-refractivity contribution in [3.05, 3.63) is 16.6 Å². The van der Waals surface area contributed by atoms with Crippen molar-refractivity contribution in [1.82, 2.24) is 20.0 Å². The Hall–Kier alpha value is -1.89. The third-order valence-electron chi connectivity index (χ3n) is 3.42. The van der Waals surface area contributed by atoms with Crippen molar-refractivity contribution in [1.29, 1.82) is 0 Å². The quantitative estimate of drug-likeness (QED) is 0.932. The molecule has 23 heavy (non-hydrogen) atoms. The van der Waals surface area contributed by atoms with Gasteiger partial charge in [0.25, 0.3) is 5.91 Å². The number of thiophene rings is 1. The Bertz CT molecular complexity index is 705. The third kappa shape index (κ3) is 3.90. The SMILES string of the molecule is CCN(CC(=O)NC(C)(C)C)C(=O)c1cc2c(C)nn(C)c2s1. The first-order chi connectivity index (χ1) is 10.6. The number of carbonyl (C=O) groups excluding carboxylic acids is 2. The summed E-state index contributed by atoms with van der Waals surface area (Å²) >= 11 is 1.41. The van der Waals surface area contributed by atoms with Crippen molar-refractivity contribution < 1.29 is 9.59 Å². The number of carbonyl (C=O) groups is 2. The maximum atomic E-state index is 12.7. The third-order valence-corrected chi connectivity index (χ3v) is 4.61. The second-order valence-electron chi connectivity index (χ2n) is 6.66. The average Bonchev–Trinajstić information content (AvgIpc) is 2.96. The van der Waals surface area contributed by atoms with E-state index in [9.17, 15) is 9.59 Å². The summed E-state index contributed by atoms with van der Waals surface area (Å²) in [5.74, 6) is -0.260. The van der Waals surface area contributed by atoms with Gasteiger partial charge in [0.15, 0.2) is 0 Å². The first-order valence-corrected chi connectivity index (χ1v) is 8.47. The Morgan fingerprint density at radius 3 is 2.57 bits per heavy atom. The molecule has 126 valence electrons. The molecule has 0 fully saturated rings.